The molecule has 0 amide bonds. The van der Waals surface area contributed by atoms with Crippen LogP contribution in [0.2, 0.25) is 0 Å². The highest BCUT2D eigenvalue weighted by atomic mass is 16.4. The van der Waals surface area contributed by atoms with Gasteiger partial charge in [0.25, 0.3) is 0 Å². The Morgan fingerprint density at radius 2 is 2.58 bits per heavy atom. The van der Waals surface area contributed by atoms with Crippen LogP contribution in [0.4, 0.5) is 0 Å². The summed E-state index contributed by atoms with van der Waals surface area (Å²) in [7, 11) is 1.84. The maximum absolute atomic E-state index is 10.4. The summed E-state index contributed by atoms with van der Waals surface area (Å²) in [6.45, 7) is 1.53. The highest BCUT2D eigenvalue weighted by Gasteiger charge is 2.05. The molecule has 1 aromatic heterocycles. The molecule has 0 unspecified atom stereocenters. The highest BCUT2D eigenvalue weighted by Crippen LogP contribution is 1.94. The first-order valence-corrected chi connectivity index (χ1v) is 3.63. The fourth-order valence-electron chi connectivity index (χ4n) is 0.834. The summed E-state index contributed by atoms with van der Waals surface area (Å²) in [5, 5.41) is 11.5. The molecule has 0 fully saturated rings. The van der Waals surface area contributed by atoms with Crippen LogP contribution in [0.5, 0.6) is 0 Å². The highest BCUT2D eigenvalue weighted by molar-refractivity contribution is 5.84. The molecule has 0 atom stereocenters. The summed E-state index contributed by atoms with van der Waals surface area (Å²) in [5.41, 5.74) is 0.0890. The minimum absolute atomic E-state index is 0.0890. The van der Waals surface area contributed by atoms with Crippen LogP contribution in [0.15, 0.2) is 12.5 Å². The average molecular weight is 169 g/mol. The van der Waals surface area contributed by atoms with Crippen LogP contribution in [0.3, 0.4) is 0 Å². The summed E-state index contributed by atoms with van der Waals surface area (Å²) >= 11 is 0. The number of aromatic nitrogens is 2. The summed E-state index contributed by atoms with van der Waals surface area (Å²) < 4.78 is 1.74. The van der Waals surface area contributed by atoms with Gasteiger partial charge in [-0.3, -0.25) is 0 Å². The monoisotopic (exact) mass is 169 g/mol. The Morgan fingerprint density at radius 3 is 3.08 bits per heavy atom. The van der Waals surface area contributed by atoms with Crippen LogP contribution >= 0.6 is 0 Å². The van der Waals surface area contributed by atoms with Gasteiger partial charge in [-0.15, -0.1) is 0 Å². The van der Waals surface area contributed by atoms with E-state index in [9.17, 15) is 4.79 Å². The third-order valence-electron chi connectivity index (χ3n) is 1.47. The minimum atomic E-state index is -0.988. The smallest absolute Gasteiger partial charge is 0.356 e. The molecular weight excluding hydrogens is 158 g/mol. The Hall–Kier alpha value is -1.36. The van der Waals surface area contributed by atoms with Gasteiger partial charge in [0.1, 0.15) is 0 Å². The van der Waals surface area contributed by atoms with Crippen LogP contribution in [0.25, 0.3) is 0 Å². The first-order chi connectivity index (χ1) is 5.74. The molecule has 66 valence electrons. The zero-order valence-corrected chi connectivity index (χ0v) is 6.82. The molecule has 0 aromatic carbocycles. The Bertz CT molecular complexity index is 269. The van der Waals surface area contributed by atoms with Crippen molar-refractivity contribution in [2.24, 2.45) is 0 Å². The van der Waals surface area contributed by atoms with Crippen molar-refractivity contribution in [3.05, 3.63) is 18.2 Å². The predicted molar refractivity (Wildman–Crippen MR) is 43.1 cm³/mol. The second-order valence-electron chi connectivity index (χ2n) is 2.41. The third-order valence-corrected chi connectivity index (χ3v) is 1.47. The van der Waals surface area contributed by atoms with Crippen LogP contribution < -0.4 is 5.32 Å². The maximum atomic E-state index is 10.4. The van der Waals surface area contributed by atoms with E-state index in [0.717, 1.165) is 13.1 Å². The lowest BCUT2D eigenvalue weighted by Gasteiger charge is -1.98. The van der Waals surface area contributed by atoms with Gasteiger partial charge in [0.15, 0.2) is 5.69 Å². The topological polar surface area (TPSA) is 67.2 Å². The van der Waals surface area contributed by atoms with Crippen LogP contribution in [-0.4, -0.2) is 34.2 Å². The number of hydrogen-bond donors (Lipinski definition) is 2. The van der Waals surface area contributed by atoms with E-state index < -0.39 is 5.97 Å². The third kappa shape index (κ3) is 2.06. The first kappa shape index (κ1) is 8.73. The molecule has 12 heavy (non-hydrogen) atoms. The van der Waals surface area contributed by atoms with Crippen LogP contribution in [0.1, 0.15) is 10.5 Å². The van der Waals surface area contributed by atoms with E-state index in [2.05, 4.69) is 10.3 Å². The van der Waals surface area contributed by atoms with Gasteiger partial charge in [-0.25, -0.2) is 9.78 Å². The fourth-order valence-corrected chi connectivity index (χ4v) is 0.834. The van der Waals surface area contributed by atoms with Gasteiger partial charge in [-0.2, -0.15) is 0 Å². The Kier molecular flexibility index (Phi) is 2.82. The SMILES string of the molecule is CNCCn1cnc(C(=O)O)c1. The van der Waals surface area contributed by atoms with Crippen molar-refractivity contribution in [1.29, 1.82) is 0 Å². The molecule has 1 aromatic rings. The van der Waals surface area contributed by atoms with Gasteiger partial charge in [0, 0.05) is 19.3 Å². The van der Waals surface area contributed by atoms with Crippen LogP contribution in [0, 0.1) is 0 Å². The number of imidazole rings is 1. The van der Waals surface area contributed by atoms with Crippen molar-refractivity contribution in [1.82, 2.24) is 14.9 Å². The fraction of sp³-hybridized carbons (Fsp3) is 0.429. The van der Waals surface area contributed by atoms with Crippen LogP contribution in [-0.2, 0) is 6.54 Å². The molecule has 0 saturated heterocycles. The van der Waals surface area contributed by atoms with Crippen molar-refractivity contribution in [2.75, 3.05) is 13.6 Å². The number of aromatic carboxylic acids is 1. The van der Waals surface area contributed by atoms with Gasteiger partial charge >= 0.3 is 5.97 Å². The number of nitrogens with one attached hydrogen (secondary N) is 1. The normalized spacial score (nSPS) is 10.1. The number of nitrogens with zero attached hydrogens (tertiary/aromatic N) is 2. The molecule has 0 bridgehead atoms. The molecule has 0 aliphatic rings. The summed E-state index contributed by atoms with van der Waals surface area (Å²) in [4.78, 5) is 14.1. The number of likely N-dealkylation sites (N-methyl/N-ethyl adjacent to an activating group) is 1. The summed E-state index contributed by atoms with van der Waals surface area (Å²) in [5.74, 6) is -0.988. The molecule has 0 saturated carbocycles. The number of hydrogen-bond acceptors (Lipinski definition) is 3. The zero-order chi connectivity index (χ0) is 8.97. The number of carbonyl (C=O) groups is 1. The molecule has 0 aliphatic heterocycles. The molecule has 0 aliphatic carbocycles. The number of carboxylic acid groups (broad SMARTS) is 1. The lowest BCUT2D eigenvalue weighted by molar-refractivity contribution is 0.0691. The summed E-state index contributed by atoms with van der Waals surface area (Å²) in [6.07, 6.45) is 3.03. The van der Waals surface area contributed by atoms with E-state index in [0.29, 0.717) is 0 Å². The molecule has 1 heterocycles. The van der Waals surface area contributed by atoms with Gasteiger partial charge in [-0.1, -0.05) is 0 Å². The Morgan fingerprint density at radius 1 is 1.83 bits per heavy atom. The standard InChI is InChI=1S/C7H11N3O2/c1-8-2-3-10-4-6(7(11)12)9-5-10/h4-5,8H,2-3H2,1H3,(H,11,12). The van der Waals surface area contributed by atoms with E-state index in [1.807, 2.05) is 7.05 Å². The molecule has 2 N–H and O–H groups in total. The van der Waals surface area contributed by atoms with Gasteiger partial charge in [0.05, 0.1) is 6.33 Å². The number of carboxylic acids is 1. The zero-order valence-electron chi connectivity index (χ0n) is 6.82. The van der Waals surface area contributed by atoms with Crippen molar-refractivity contribution >= 4 is 5.97 Å². The lowest BCUT2D eigenvalue weighted by atomic mass is 10.5. The van der Waals surface area contributed by atoms with Crippen molar-refractivity contribution in [3.8, 4) is 0 Å². The first-order valence-electron chi connectivity index (χ1n) is 3.63. The Labute approximate surface area is 70.0 Å². The lowest BCUT2D eigenvalue weighted by Crippen LogP contribution is -2.13. The van der Waals surface area contributed by atoms with E-state index >= 15 is 0 Å². The van der Waals surface area contributed by atoms with E-state index in [-0.39, 0.29) is 5.69 Å². The predicted octanol–water partition coefficient (Wildman–Crippen LogP) is -0.199. The largest absolute Gasteiger partial charge is 0.476 e. The van der Waals surface area contributed by atoms with Gasteiger partial charge in [-0.05, 0) is 7.05 Å². The molecule has 5 nitrogen and oxygen atoms in total. The number of rotatable bonds is 4. The molecule has 0 spiro atoms. The Balaban J connectivity index is 2.58. The van der Waals surface area contributed by atoms with E-state index in [1.165, 1.54) is 12.5 Å². The van der Waals surface area contributed by atoms with Crippen molar-refractivity contribution < 1.29 is 9.90 Å². The van der Waals surface area contributed by atoms with Gasteiger partial charge in [0.2, 0.25) is 0 Å². The quantitative estimate of drug-likeness (QED) is 0.655. The molecular formula is C7H11N3O2. The average Bonchev–Trinajstić information content (AvgIpc) is 2.48. The van der Waals surface area contributed by atoms with E-state index in [4.69, 9.17) is 5.11 Å². The molecule has 1 rings (SSSR count). The molecule has 5 heteroatoms. The van der Waals surface area contributed by atoms with E-state index in [1.54, 1.807) is 4.57 Å². The second-order valence-corrected chi connectivity index (χ2v) is 2.41. The second kappa shape index (κ2) is 3.87. The van der Waals surface area contributed by atoms with Crippen molar-refractivity contribution in [2.45, 2.75) is 6.54 Å². The minimum Gasteiger partial charge on any atom is -0.476 e. The maximum Gasteiger partial charge on any atom is 0.356 e. The summed E-state index contributed by atoms with van der Waals surface area (Å²) in [6, 6.07) is 0. The van der Waals surface area contributed by atoms with Gasteiger partial charge < -0.3 is 15.0 Å². The van der Waals surface area contributed by atoms with Crippen molar-refractivity contribution in [3.63, 3.8) is 0 Å². The molecule has 0 radical (unpaired) electrons.